The topological polar surface area (TPSA) is 145 Å². The predicted molar refractivity (Wildman–Crippen MR) is 97.4 cm³/mol. The number of ether oxygens (including phenoxy) is 1. The molecular weight excluding hydrogens is 402 g/mol. The number of carbonyl (C=O) groups is 2. The van der Waals surface area contributed by atoms with E-state index in [1.54, 1.807) is 0 Å². The van der Waals surface area contributed by atoms with Crippen molar-refractivity contribution < 1.29 is 27.7 Å². The van der Waals surface area contributed by atoms with Crippen molar-refractivity contribution in [3.63, 3.8) is 0 Å². The largest absolute Gasteiger partial charge is 0.468 e. The smallest absolute Gasteiger partial charge is 0.326 e. The molecule has 0 unspecified atom stereocenters. The van der Waals surface area contributed by atoms with Crippen molar-refractivity contribution in [1.82, 2.24) is 5.32 Å². The van der Waals surface area contributed by atoms with Crippen molar-refractivity contribution in [3.8, 4) is 0 Å². The molecule has 10 nitrogen and oxygen atoms in total. The van der Waals surface area contributed by atoms with Gasteiger partial charge in [0.25, 0.3) is 5.69 Å². The van der Waals surface area contributed by atoms with Crippen LogP contribution in [-0.4, -0.2) is 55.9 Å². The summed E-state index contributed by atoms with van der Waals surface area (Å²) in [6, 6.07) is 3.80. The molecule has 1 aromatic rings. The van der Waals surface area contributed by atoms with Crippen molar-refractivity contribution in [2.45, 2.75) is 18.4 Å². The highest BCUT2D eigenvalue weighted by Gasteiger charge is 2.44. The Balaban J connectivity index is 2.05. The predicted octanol–water partition coefficient (Wildman–Crippen LogP) is 0.897. The summed E-state index contributed by atoms with van der Waals surface area (Å²) in [6.45, 7) is -0.314. The van der Waals surface area contributed by atoms with Gasteiger partial charge in [-0.25, -0.2) is 8.42 Å². The number of sulfone groups is 1. The van der Waals surface area contributed by atoms with Crippen LogP contribution in [0.3, 0.4) is 0 Å². The van der Waals surface area contributed by atoms with Crippen LogP contribution < -0.4 is 10.6 Å². The number of amides is 1. The number of nitro benzene ring substituents is 1. The lowest BCUT2D eigenvalue weighted by Crippen LogP contribution is -2.58. The number of benzene rings is 1. The number of nitrogens with one attached hydrogen (secondary N) is 2. The van der Waals surface area contributed by atoms with Crippen LogP contribution in [-0.2, 0) is 24.2 Å². The van der Waals surface area contributed by atoms with Gasteiger partial charge in [0.05, 0.1) is 30.1 Å². The fourth-order valence-corrected chi connectivity index (χ4v) is 4.43. The number of methoxy groups -OCH3 is 1. The van der Waals surface area contributed by atoms with Crippen molar-refractivity contribution in [2.24, 2.45) is 0 Å². The maximum absolute atomic E-state index is 12.2. The van der Waals surface area contributed by atoms with Crippen molar-refractivity contribution in [1.29, 1.82) is 0 Å². The van der Waals surface area contributed by atoms with E-state index in [0.29, 0.717) is 0 Å². The molecule has 1 aromatic carbocycles. The van der Waals surface area contributed by atoms with Crippen LogP contribution in [0.25, 0.3) is 0 Å². The number of rotatable bonds is 6. The van der Waals surface area contributed by atoms with Gasteiger partial charge in [-0.3, -0.25) is 25.0 Å². The third-order valence-electron chi connectivity index (χ3n) is 4.27. The first-order valence-electron chi connectivity index (χ1n) is 7.86. The molecule has 1 amide bonds. The van der Waals surface area contributed by atoms with Crippen LogP contribution in [0, 0.1) is 10.1 Å². The molecule has 148 valence electrons. The molecule has 1 saturated heterocycles. The van der Waals surface area contributed by atoms with E-state index in [2.05, 4.69) is 10.6 Å². The van der Waals surface area contributed by atoms with Crippen molar-refractivity contribution in [3.05, 3.63) is 33.3 Å². The maximum atomic E-state index is 12.2. The van der Waals surface area contributed by atoms with E-state index in [1.165, 1.54) is 19.2 Å². The Kier molecular flexibility index (Phi) is 6.39. The lowest BCUT2D eigenvalue weighted by molar-refractivity contribution is -0.384. The highest BCUT2D eigenvalue weighted by atomic mass is 35.5. The Hall–Kier alpha value is -2.24. The molecular formula is C15H18ClN3O7S. The highest BCUT2D eigenvalue weighted by Crippen LogP contribution is 2.28. The molecule has 0 saturated carbocycles. The van der Waals surface area contributed by atoms with Gasteiger partial charge in [0.15, 0.2) is 0 Å². The molecule has 1 heterocycles. The third kappa shape index (κ3) is 5.15. The summed E-state index contributed by atoms with van der Waals surface area (Å²) < 4.78 is 28.0. The SMILES string of the molecule is COC(=O)C1(NCC(=O)Nc2ccc(Cl)c([N+](=O)[O-])c2)CCS(=O)(=O)CC1. The van der Waals surface area contributed by atoms with Crippen LogP contribution >= 0.6 is 11.6 Å². The Morgan fingerprint density at radius 2 is 1.96 bits per heavy atom. The van der Waals surface area contributed by atoms with Crippen molar-refractivity contribution >= 4 is 44.7 Å². The van der Waals surface area contributed by atoms with E-state index in [1.807, 2.05) is 0 Å². The molecule has 2 N–H and O–H groups in total. The zero-order chi connectivity index (χ0) is 20.2. The van der Waals surface area contributed by atoms with Gasteiger partial charge >= 0.3 is 5.97 Å². The van der Waals surface area contributed by atoms with Gasteiger partial charge in [0.1, 0.15) is 20.4 Å². The second-order valence-corrected chi connectivity index (χ2v) is 8.76. The van der Waals surface area contributed by atoms with Gasteiger partial charge in [-0.15, -0.1) is 0 Å². The molecule has 2 rings (SSSR count). The number of nitro groups is 1. The Labute approximate surface area is 160 Å². The van der Waals surface area contributed by atoms with E-state index in [9.17, 15) is 28.1 Å². The molecule has 27 heavy (non-hydrogen) atoms. The minimum atomic E-state index is -3.22. The fourth-order valence-electron chi connectivity index (χ4n) is 2.72. The number of hydrogen-bond acceptors (Lipinski definition) is 8. The van der Waals surface area contributed by atoms with Gasteiger partial charge in [-0.1, -0.05) is 11.6 Å². The average Bonchev–Trinajstić information content (AvgIpc) is 2.62. The molecule has 0 radical (unpaired) electrons. The summed E-state index contributed by atoms with van der Waals surface area (Å²) in [5.41, 5.74) is -1.47. The number of hydrogen-bond donors (Lipinski definition) is 2. The minimum absolute atomic E-state index is 0.0122. The number of anilines is 1. The second-order valence-electron chi connectivity index (χ2n) is 6.05. The van der Waals surface area contributed by atoms with E-state index >= 15 is 0 Å². The van der Waals surface area contributed by atoms with Gasteiger partial charge in [0, 0.05) is 11.8 Å². The quantitative estimate of drug-likeness (QED) is 0.393. The standard InChI is InChI=1S/C15H18ClN3O7S/c1-26-14(21)15(4-6-27(24,25)7-5-15)17-9-13(20)18-10-2-3-11(16)12(8-10)19(22)23/h2-3,8,17H,4-7,9H2,1H3,(H,18,20). The van der Waals surface area contributed by atoms with E-state index in [4.69, 9.17) is 16.3 Å². The van der Waals surface area contributed by atoms with Crippen LogP contribution in [0.5, 0.6) is 0 Å². The normalized spacial score (nSPS) is 17.7. The summed E-state index contributed by atoms with van der Waals surface area (Å²) in [6.07, 6.45) is -0.0244. The molecule has 0 atom stereocenters. The minimum Gasteiger partial charge on any atom is -0.468 e. The number of halogens is 1. The van der Waals surface area contributed by atoms with Crippen LogP contribution in [0.4, 0.5) is 11.4 Å². The third-order valence-corrected chi connectivity index (χ3v) is 6.24. The first-order chi connectivity index (χ1) is 12.6. The van der Waals surface area contributed by atoms with Gasteiger partial charge in [0.2, 0.25) is 5.91 Å². The summed E-state index contributed by atoms with van der Waals surface area (Å²) in [4.78, 5) is 34.5. The molecule has 12 heteroatoms. The van der Waals surface area contributed by atoms with Crippen molar-refractivity contribution in [2.75, 3.05) is 30.5 Å². The van der Waals surface area contributed by atoms with Crippen LogP contribution in [0.15, 0.2) is 18.2 Å². The van der Waals surface area contributed by atoms with E-state index in [0.717, 1.165) is 6.07 Å². The Bertz CT molecular complexity index is 858. The molecule has 1 aliphatic rings. The van der Waals surface area contributed by atoms with E-state index < -0.39 is 32.2 Å². The average molecular weight is 420 g/mol. The monoisotopic (exact) mass is 419 g/mol. The molecule has 0 bridgehead atoms. The lowest BCUT2D eigenvalue weighted by atomic mass is 9.92. The Morgan fingerprint density at radius 1 is 1.33 bits per heavy atom. The van der Waals surface area contributed by atoms with Crippen LogP contribution in [0.1, 0.15) is 12.8 Å². The molecule has 1 fully saturated rings. The fraction of sp³-hybridized carbons (Fsp3) is 0.467. The molecule has 0 spiro atoms. The van der Waals surface area contributed by atoms with Gasteiger partial charge in [-0.05, 0) is 25.0 Å². The van der Waals surface area contributed by atoms with E-state index in [-0.39, 0.29) is 47.3 Å². The second kappa shape index (κ2) is 8.19. The zero-order valence-electron chi connectivity index (χ0n) is 14.4. The maximum Gasteiger partial charge on any atom is 0.326 e. The summed E-state index contributed by atoms with van der Waals surface area (Å²) in [7, 11) is -2.04. The van der Waals surface area contributed by atoms with Gasteiger partial charge in [-0.2, -0.15) is 0 Å². The number of nitrogens with zero attached hydrogens (tertiary/aromatic N) is 1. The van der Waals surface area contributed by atoms with Gasteiger partial charge < -0.3 is 10.1 Å². The molecule has 0 aliphatic carbocycles. The number of carbonyl (C=O) groups excluding carboxylic acids is 2. The summed E-state index contributed by atoms with van der Waals surface area (Å²) in [5, 5.41) is 16.1. The number of esters is 1. The zero-order valence-corrected chi connectivity index (χ0v) is 15.9. The molecule has 1 aliphatic heterocycles. The lowest BCUT2D eigenvalue weighted by Gasteiger charge is -2.34. The molecule has 0 aromatic heterocycles. The van der Waals surface area contributed by atoms with Crippen LogP contribution in [0.2, 0.25) is 5.02 Å². The first-order valence-corrected chi connectivity index (χ1v) is 10.1. The first kappa shape index (κ1) is 21.1. The summed E-state index contributed by atoms with van der Waals surface area (Å²) >= 11 is 5.72. The summed E-state index contributed by atoms with van der Waals surface area (Å²) in [5.74, 6) is -1.60. The highest BCUT2D eigenvalue weighted by molar-refractivity contribution is 7.91. The Morgan fingerprint density at radius 3 is 2.52 bits per heavy atom.